The minimum absolute atomic E-state index is 0.206. The lowest BCUT2D eigenvalue weighted by molar-refractivity contribution is -0.0454. The number of ketones is 1. The molecule has 1 aliphatic carbocycles. The topological polar surface area (TPSA) is 65.0 Å². The third-order valence-electron chi connectivity index (χ3n) is 5.28. The lowest BCUT2D eigenvalue weighted by atomic mass is 9.69. The second-order valence-corrected chi connectivity index (χ2v) is 6.87. The Morgan fingerprint density at radius 1 is 1.29 bits per heavy atom. The van der Waals surface area contributed by atoms with Crippen molar-refractivity contribution in [1.29, 1.82) is 0 Å². The van der Waals surface area contributed by atoms with E-state index in [4.69, 9.17) is 25.8 Å². The summed E-state index contributed by atoms with van der Waals surface area (Å²) >= 11 is 6.36. The molecule has 0 saturated carbocycles. The van der Waals surface area contributed by atoms with Gasteiger partial charge in [0.15, 0.2) is 5.75 Å². The van der Waals surface area contributed by atoms with E-state index < -0.39 is 11.7 Å². The molecule has 0 fully saturated rings. The summed E-state index contributed by atoms with van der Waals surface area (Å²) in [6, 6.07) is 1.56. The second-order valence-electron chi connectivity index (χ2n) is 6.49. The zero-order valence-corrected chi connectivity index (χ0v) is 15.2. The highest BCUT2D eigenvalue weighted by Crippen LogP contribution is 2.54. The highest BCUT2D eigenvalue weighted by molar-refractivity contribution is 6.35. The van der Waals surface area contributed by atoms with Gasteiger partial charge in [0.05, 0.1) is 14.2 Å². The Hall–Kier alpha value is -1.72. The molecule has 0 amide bonds. The highest BCUT2D eigenvalue weighted by Gasteiger charge is 2.60. The van der Waals surface area contributed by atoms with E-state index in [2.05, 4.69) is 0 Å². The Labute approximate surface area is 146 Å². The fraction of sp³-hybridized carbons (Fsp3) is 0.500. The first-order valence-electron chi connectivity index (χ1n) is 7.82. The van der Waals surface area contributed by atoms with Crippen LogP contribution in [-0.2, 0) is 0 Å². The number of benzene rings is 1. The Bertz CT molecular complexity index is 754. The number of aliphatic hydroxyl groups is 1. The molecule has 0 radical (unpaired) electrons. The van der Waals surface area contributed by atoms with Crippen molar-refractivity contribution in [3.63, 3.8) is 0 Å². The fourth-order valence-corrected chi connectivity index (χ4v) is 3.98. The lowest BCUT2D eigenvalue weighted by Crippen LogP contribution is -2.58. The average Bonchev–Trinajstić information content (AvgIpc) is 2.88. The summed E-state index contributed by atoms with van der Waals surface area (Å²) < 4.78 is 16.7. The molecule has 1 N–H and O–H groups in total. The van der Waals surface area contributed by atoms with Crippen molar-refractivity contribution in [2.45, 2.75) is 38.9 Å². The monoisotopic (exact) mass is 352 g/mol. The van der Waals surface area contributed by atoms with E-state index in [0.29, 0.717) is 17.9 Å². The smallest absolute Gasteiger partial charge is 0.217 e. The summed E-state index contributed by atoms with van der Waals surface area (Å²) in [7, 11) is 2.95. The Morgan fingerprint density at radius 3 is 2.50 bits per heavy atom. The molecule has 1 aliphatic heterocycles. The van der Waals surface area contributed by atoms with Crippen LogP contribution in [-0.4, -0.2) is 36.8 Å². The van der Waals surface area contributed by atoms with Gasteiger partial charge in [0, 0.05) is 12.0 Å². The Balaban J connectivity index is 2.23. The van der Waals surface area contributed by atoms with E-state index >= 15 is 0 Å². The molecule has 1 spiro atoms. The first-order valence-corrected chi connectivity index (χ1v) is 8.19. The van der Waals surface area contributed by atoms with Crippen molar-refractivity contribution in [2.24, 2.45) is 5.92 Å². The van der Waals surface area contributed by atoms with Crippen LogP contribution in [0.3, 0.4) is 0 Å². The van der Waals surface area contributed by atoms with Crippen LogP contribution in [0.5, 0.6) is 17.2 Å². The van der Waals surface area contributed by atoms with Crippen molar-refractivity contribution >= 4 is 17.4 Å². The van der Waals surface area contributed by atoms with Crippen molar-refractivity contribution < 1.29 is 24.1 Å². The lowest BCUT2D eigenvalue weighted by Gasteiger charge is -2.42. The molecule has 0 saturated heterocycles. The number of allylic oxidation sites excluding steroid dienone is 1. The van der Waals surface area contributed by atoms with E-state index in [-0.39, 0.29) is 28.0 Å². The summed E-state index contributed by atoms with van der Waals surface area (Å²) in [6.07, 6.45) is -0.368. The Morgan fingerprint density at radius 2 is 1.92 bits per heavy atom. The molecule has 5 nitrogen and oxygen atoms in total. The summed E-state index contributed by atoms with van der Waals surface area (Å²) in [6.45, 7) is 5.69. The maximum atomic E-state index is 13.3. The standard InChI is InChI=1S/C18H21ClO5/c1-8-6-9(2)18(16(20)10(8)3)17(21)13-11(22-4)7-12(23-5)14(19)15(13)24-18/h7,9,16,20H,6H2,1-5H3/t9-,16+,18+/m1/s1. The van der Waals surface area contributed by atoms with Gasteiger partial charge in [0.25, 0.3) is 0 Å². The van der Waals surface area contributed by atoms with Gasteiger partial charge in [-0.1, -0.05) is 24.1 Å². The third-order valence-corrected chi connectivity index (χ3v) is 5.64. The number of rotatable bonds is 2. The number of halogens is 1. The van der Waals surface area contributed by atoms with Crippen LogP contribution in [0.15, 0.2) is 17.2 Å². The fourth-order valence-electron chi connectivity index (χ4n) is 3.72. The third kappa shape index (κ3) is 2.01. The molecule has 0 bridgehead atoms. The zero-order valence-electron chi connectivity index (χ0n) is 14.4. The van der Waals surface area contributed by atoms with Gasteiger partial charge in [-0.15, -0.1) is 0 Å². The number of methoxy groups -OCH3 is 2. The van der Waals surface area contributed by atoms with Crippen LogP contribution >= 0.6 is 11.6 Å². The number of carbonyl (C=O) groups is 1. The maximum absolute atomic E-state index is 13.3. The van der Waals surface area contributed by atoms with Crippen molar-refractivity contribution in [3.05, 3.63) is 27.8 Å². The van der Waals surface area contributed by atoms with Gasteiger partial charge in [0.1, 0.15) is 28.2 Å². The molecule has 0 unspecified atom stereocenters. The molecule has 6 heteroatoms. The van der Waals surface area contributed by atoms with E-state index in [0.717, 1.165) is 11.1 Å². The van der Waals surface area contributed by atoms with Gasteiger partial charge in [-0.2, -0.15) is 0 Å². The van der Waals surface area contributed by atoms with E-state index in [1.165, 1.54) is 14.2 Å². The molecule has 130 valence electrons. The molecule has 0 aromatic heterocycles. The molecule has 1 aromatic carbocycles. The normalized spacial score (nSPS) is 28.9. The number of ether oxygens (including phenoxy) is 3. The van der Waals surface area contributed by atoms with Crippen molar-refractivity contribution in [3.8, 4) is 17.2 Å². The van der Waals surface area contributed by atoms with Gasteiger partial charge in [0.2, 0.25) is 11.4 Å². The van der Waals surface area contributed by atoms with Crippen LogP contribution in [0.4, 0.5) is 0 Å². The van der Waals surface area contributed by atoms with Crippen molar-refractivity contribution in [2.75, 3.05) is 14.2 Å². The second kappa shape index (κ2) is 5.67. The van der Waals surface area contributed by atoms with E-state index in [9.17, 15) is 9.90 Å². The molecular formula is C18H21ClO5. The van der Waals surface area contributed by atoms with E-state index in [1.54, 1.807) is 6.07 Å². The maximum Gasteiger partial charge on any atom is 0.217 e. The van der Waals surface area contributed by atoms with Gasteiger partial charge >= 0.3 is 0 Å². The summed E-state index contributed by atoms with van der Waals surface area (Å²) in [5.41, 5.74) is 0.719. The SMILES string of the molecule is COc1cc(OC)c2c(c1Cl)O[C@@]1(C2=O)[C@H](C)CC(C)=C(C)[C@@H]1O. The molecule has 1 heterocycles. The summed E-state index contributed by atoms with van der Waals surface area (Å²) in [5.74, 6) is 0.403. The Kier molecular flexibility index (Phi) is 4.04. The molecule has 3 rings (SSSR count). The van der Waals surface area contributed by atoms with Gasteiger partial charge in [-0.3, -0.25) is 4.79 Å². The number of fused-ring (bicyclic) bond motifs is 1. The number of hydrogen-bond acceptors (Lipinski definition) is 5. The quantitative estimate of drug-likeness (QED) is 0.826. The molecule has 3 atom stereocenters. The minimum atomic E-state index is -1.38. The number of carbonyl (C=O) groups excluding carboxylic acids is 1. The highest BCUT2D eigenvalue weighted by atomic mass is 35.5. The average molecular weight is 353 g/mol. The van der Waals surface area contributed by atoms with Crippen molar-refractivity contribution in [1.82, 2.24) is 0 Å². The zero-order chi connectivity index (χ0) is 17.8. The number of hydrogen-bond donors (Lipinski definition) is 1. The number of Topliss-reactive ketones (excluding diaryl/α,β-unsaturated/α-hetero) is 1. The van der Waals surface area contributed by atoms with Crippen LogP contribution in [0.2, 0.25) is 5.02 Å². The predicted octanol–water partition coefficient (Wildman–Crippen LogP) is 3.41. The predicted molar refractivity (Wildman–Crippen MR) is 90.4 cm³/mol. The minimum Gasteiger partial charge on any atom is -0.496 e. The first kappa shape index (κ1) is 17.1. The number of aliphatic hydroxyl groups excluding tert-OH is 1. The first-order chi connectivity index (χ1) is 11.3. The van der Waals surface area contributed by atoms with E-state index in [1.807, 2.05) is 20.8 Å². The van der Waals surface area contributed by atoms with Crippen LogP contribution in [0.25, 0.3) is 0 Å². The van der Waals surface area contributed by atoms with Gasteiger partial charge in [-0.25, -0.2) is 0 Å². The largest absolute Gasteiger partial charge is 0.496 e. The molecular weight excluding hydrogens is 332 g/mol. The van der Waals surface area contributed by atoms with Crippen LogP contribution in [0, 0.1) is 5.92 Å². The van der Waals surface area contributed by atoms with Crippen LogP contribution in [0.1, 0.15) is 37.6 Å². The molecule has 2 aliphatic rings. The van der Waals surface area contributed by atoms with Gasteiger partial charge in [-0.05, 0) is 25.8 Å². The molecule has 24 heavy (non-hydrogen) atoms. The summed E-state index contributed by atoms with van der Waals surface area (Å²) in [5, 5.41) is 11.1. The summed E-state index contributed by atoms with van der Waals surface area (Å²) in [4.78, 5) is 13.3. The van der Waals surface area contributed by atoms with Crippen LogP contribution < -0.4 is 14.2 Å². The van der Waals surface area contributed by atoms with Gasteiger partial charge < -0.3 is 19.3 Å². The molecule has 1 aromatic rings.